The van der Waals surface area contributed by atoms with E-state index < -0.39 is 0 Å². The molecule has 0 spiro atoms. The third kappa shape index (κ3) is 4.07. The van der Waals surface area contributed by atoms with Gasteiger partial charge < -0.3 is 4.74 Å². The summed E-state index contributed by atoms with van der Waals surface area (Å²) in [7, 11) is 1.63. The molecule has 3 aromatic carbocycles. The first-order chi connectivity index (χ1) is 14.5. The molecule has 1 amide bonds. The monoisotopic (exact) mass is 479 g/mol. The summed E-state index contributed by atoms with van der Waals surface area (Å²) in [5.74, 6) is 0.705. The number of benzene rings is 3. The van der Waals surface area contributed by atoms with Gasteiger partial charge >= 0.3 is 0 Å². The highest BCUT2D eigenvalue weighted by molar-refractivity contribution is 9.10. The zero-order valence-corrected chi connectivity index (χ0v) is 18.9. The Morgan fingerprint density at radius 2 is 1.70 bits per heavy atom. The van der Waals surface area contributed by atoms with E-state index in [-0.39, 0.29) is 5.91 Å². The van der Waals surface area contributed by atoms with E-state index in [2.05, 4.69) is 15.9 Å². The van der Waals surface area contributed by atoms with E-state index >= 15 is 0 Å². The Morgan fingerprint density at radius 3 is 2.33 bits per heavy atom. The molecule has 1 aliphatic rings. The number of methoxy groups -OCH3 is 1. The van der Waals surface area contributed by atoms with Gasteiger partial charge in [-0.05, 0) is 78.2 Å². The van der Waals surface area contributed by atoms with Crippen molar-refractivity contribution in [1.82, 2.24) is 0 Å². The predicted molar refractivity (Wildman–Crippen MR) is 127 cm³/mol. The molecule has 3 nitrogen and oxygen atoms in total. The Balaban J connectivity index is 1.80. The SMILES string of the molecule is COc1ccc(/C=C2/C=C(c3ccc(Cl)cc3)N(c3ccc(Br)c(C)c3)C2=O)cc1. The maximum Gasteiger partial charge on any atom is 0.262 e. The molecule has 0 bridgehead atoms. The summed E-state index contributed by atoms with van der Waals surface area (Å²) in [5.41, 5.74) is 5.17. The lowest BCUT2D eigenvalue weighted by atomic mass is 10.1. The highest BCUT2D eigenvalue weighted by atomic mass is 79.9. The smallest absolute Gasteiger partial charge is 0.262 e. The van der Waals surface area contributed by atoms with Crippen molar-refractivity contribution >= 4 is 50.9 Å². The quantitative estimate of drug-likeness (QED) is 0.380. The molecule has 0 aromatic heterocycles. The number of nitrogens with zero attached hydrogens (tertiary/aromatic N) is 1. The van der Waals surface area contributed by atoms with Crippen LogP contribution >= 0.6 is 27.5 Å². The Hall–Kier alpha value is -2.82. The Kier molecular flexibility index (Phi) is 5.80. The summed E-state index contributed by atoms with van der Waals surface area (Å²) in [4.78, 5) is 15.2. The Labute approximate surface area is 189 Å². The highest BCUT2D eigenvalue weighted by Crippen LogP contribution is 2.37. The topological polar surface area (TPSA) is 29.5 Å². The average Bonchev–Trinajstić information content (AvgIpc) is 3.07. The van der Waals surface area contributed by atoms with Crippen molar-refractivity contribution < 1.29 is 9.53 Å². The third-order valence-corrected chi connectivity index (χ3v) is 6.10. The molecule has 1 heterocycles. The minimum atomic E-state index is -0.0718. The van der Waals surface area contributed by atoms with Gasteiger partial charge in [-0.2, -0.15) is 0 Å². The lowest BCUT2D eigenvalue weighted by molar-refractivity contribution is -0.113. The van der Waals surface area contributed by atoms with Crippen molar-refractivity contribution in [3.8, 4) is 5.75 Å². The van der Waals surface area contributed by atoms with Crippen LogP contribution < -0.4 is 9.64 Å². The molecule has 0 unspecified atom stereocenters. The Morgan fingerprint density at radius 1 is 1.00 bits per heavy atom. The van der Waals surface area contributed by atoms with Crippen molar-refractivity contribution in [1.29, 1.82) is 0 Å². The number of ether oxygens (including phenoxy) is 1. The van der Waals surface area contributed by atoms with Crippen molar-refractivity contribution in [3.63, 3.8) is 0 Å². The first kappa shape index (κ1) is 20.5. The fourth-order valence-corrected chi connectivity index (χ4v) is 3.73. The molecule has 1 aliphatic heterocycles. The second-order valence-corrected chi connectivity index (χ2v) is 8.27. The molecule has 30 heavy (non-hydrogen) atoms. The lowest BCUT2D eigenvalue weighted by Crippen LogP contribution is -2.25. The number of carbonyl (C=O) groups is 1. The molecule has 0 atom stereocenters. The number of aryl methyl sites for hydroxylation is 1. The minimum absolute atomic E-state index is 0.0718. The third-order valence-electron chi connectivity index (χ3n) is 4.96. The van der Waals surface area contributed by atoms with Gasteiger partial charge in [0.05, 0.1) is 12.8 Å². The van der Waals surface area contributed by atoms with Crippen molar-refractivity contribution in [2.75, 3.05) is 12.0 Å². The van der Waals surface area contributed by atoms with Gasteiger partial charge in [0, 0.05) is 20.8 Å². The van der Waals surface area contributed by atoms with Gasteiger partial charge in [-0.25, -0.2) is 0 Å². The van der Waals surface area contributed by atoms with Crippen LogP contribution in [0.15, 0.2) is 82.9 Å². The van der Waals surface area contributed by atoms with Crippen LogP contribution in [-0.2, 0) is 4.79 Å². The van der Waals surface area contributed by atoms with E-state index in [1.165, 1.54) is 0 Å². The minimum Gasteiger partial charge on any atom is -0.497 e. The molecule has 150 valence electrons. The lowest BCUT2D eigenvalue weighted by Gasteiger charge is -2.21. The largest absolute Gasteiger partial charge is 0.497 e. The summed E-state index contributed by atoms with van der Waals surface area (Å²) < 4.78 is 6.22. The van der Waals surface area contributed by atoms with E-state index in [9.17, 15) is 4.79 Å². The number of rotatable bonds is 4. The molecule has 3 aromatic rings. The predicted octanol–water partition coefficient (Wildman–Crippen LogP) is 6.89. The first-order valence-electron chi connectivity index (χ1n) is 9.40. The maximum atomic E-state index is 13.4. The van der Waals surface area contributed by atoms with Crippen LogP contribution in [0.5, 0.6) is 5.75 Å². The molecule has 0 fully saturated rings. The zero-order chi connectivity index (χ0) is 21.3. The fraction of sp³-hybridized carbons (Fsp3) is 0.0800. The number of hydrogen-bond acceptors (Lipinski definition) is 2. The van der Waals surface area contributed by atoms with E-state index in [1.54, 1.807) is 12.0 Å². The Bertz CT molecular complexity index is 1160. The fourth-order valence-electron chi connectivity index (χ4n) is 3.35. The molecular formula is C25H19BrClNO2. The zero-order valence-electron chi connectivity index (χ0n) is 16.5. The molecule has 0 N–H and O–H groups in total. The second-order valence-electron chi connectivity index (χ2n) is 6.98. The summed E-state index contributed by atoms with van der Waals surface area (Å²) in [5, 5.41) is 0.656. The summed E-state index contributed by atoms with van der Waals surface area (Å²) in [6.45, 7) is 2.01. The standard InChI is InChI=1S/C25H19BrClNO2/c1-16-13-21(9-12-23(16)26)28-24(18-5-7-20(27)8-6-18)15-19(25(28)29)14-17-3-10-22(30-2)11-4-17/h3-15H,1-2H3/b19-14-. The van der Waals surface area contributed by atoms with Crippen LogP contribution in [0.4, 0.5) is 5.69 Å². The van der Waals surface area contributed by atoms with Gasteiger partial charge in [0.15, 0.2) is 0 Å². The van der Waals surface area contributed by atoms with Crippen molar-refractivity contribution in [2.45, 2.75) is 6.92 Å². The molecular weight excluding hydrogens is 462 g/mol. The first-order valence-corrected chi connectivity index (χ1v) is 10.6. The van der Waals surface area contributed by atoms with E-state index in [0.29, 0.717) is 10.6 Å². The van der Waals surface area contributed by atoms with Crippen LogP contribution in [0.25, 0.3) is 11.8 Å². The van der Waals surface area contributed by atoms with Crippen LogP contribution in [0.1, 0.15) is 16.7 Å². The highest BCUT2D eigenvalue weighted by Gasteiger charge is 2.30. The number of carbonyl (C=O) groups excluding carboxylic acids is 1. The van der Waals surface area contributed by atoms with Crippen molar-refractivity contribution in [2.24, 2.45) is 0 Å². The van der Waals surface area contributed by atoms with E-state index in [4.69, 9.17) is 16.3 Å². The molecule has 0 radical (unpaired) electrons. The maximum absolute atomic E-state index is 13.4. The summed E-state index contributed by atoms with van der Waals surface area (Å²) >= 11 is 9.61. The van der Waals surface area contributed by atoms with Crippen molar-refractivity contribution in [3.05, 3.63) is 105 Å². The molecule has 4 rings (SSSR count). The number of anilines is 1. The molecule has 0 aliphatic carbocycles. The van der Waals surface area contributed by atoms with Crippen LogP contribution in [0.3, 0.4) is 0 Å². The molecule has 0 saturated heterocycles. The van der Waals surface area contributed by atoms with Crippen LogP contribution in [0.2, 0.25) is 5.02 Å². The van der Waals surface area contributed by atoms with E-state index in [0.717, 1.165) is 38.3 Å². The molecule has 5 heteroatoms. The molecule has 0 saturated carbocycles. The summed E-state index contributed by atoms with van der Waals surface area (Å²) in [6.07, 6.45) is 3.82. The number of amides is 1. The van der Waals surface area contributed by atoms with Gasteiger partial charge in [-0.15, -0.1) is 0 Å². The van der Waals surface area contributed by atoms with Gasteiger partial charge in [0.2, 0.25) is 0 Å². The van der Waals surface area contributed by atoms with Crippen LogP contribution in [-0.4, -0.2) is 13.0 Å². The normalized spacial score (nSPS) is 14.9. The van der Waals surface area contributed by atoms with Gasteiger partial charge in [0.25, 0.3) is 5.91 Å². The average molecular weight is 481 g/mol. The number of hydrogen-bond donors (Lipinski definition) is 0. The second kappa shape index (κ2) is 8.50. The van der Waals surface area contributed by atoms with E-state index in [1.807, 2.05) is 85.8 Å². The van der Waals surface area contributed by atoms with Gasteiger partial charge in [0.1, 0.15) is 5.75 Å². The summed E-state index contributed by atoms with van der Waals surface area (Å²) in [6, 6.07) is 21.0. The van der Waals surface area contributed by atoms with Crippen LogP contribution in [0, 0.1) is 6.92 Å². The van der Waals surface area contributed by atoms with Gasteiger partial charge in [-0.3, -0.25) is 9.69 Å². The number of halogens is 2. The van der Waals surface area contributed by atoms with Gasteiger partial charge in [-0.1, -0.05) is 51.8 Å².